The second kappa shape index (κ2) is 5.05. The first-order chi connectivity index (χ1) is 9.78. The van der Waals surface area contributed by atoms with E-state index in [2.05, 4.69) is 35.3 Å². The van der Waals surface area contributed by atoms with Crippen LogP contribution in [0, 0.1) is 6.92 Å². The number of aryl methyl sites for hydroxylation is 1. The lowest BCUT2D eigenvalue weighted by Crippen LogP contribution is -2.42. The van der Waals surface area contributed by atoms with Crippen LogP contribution in [0.1, 0.15) is 36.8 Å². The zero-order valence-electron chi connectivity index (χ0n) is 12.3. The van der Waals surface area contributed by atoms with Crippen molar-refractivity contribution in [3.8, 4) is 0 Å². The van der Waals surface area contributed by atoms with Gasteiger partial charge in [-0.2, -0.15) is 0 Å². The molecule has 3 heteroatoms. The van der Waals surface area contributed by atoms with Crippen LogP contribution in [0.2, 0.25) is 0 Å². The minimum absolute atomic E-state index is 0.463. The Hall–Kier alpha value is -1.06. The molecule has 1 saturated carbocycles. The number of anilines is 1. The smallest absolute Gasteiger partial charge is 0.0755 e. The zero-order valence-corrected chi connectivity index (χ0v) is 12.3. The van der Waals surface area contributed by atoms with Gasteiger partial charge in [0.15, 0.2) is 0 Å². The number of nitrogens with one attached hydrogen (secondary N) is 1. The fourth-order valence-corrected chi connectivity index (χ4v) is 3.44. The van der Waals surface area contributed by atoms with Gasteiger partial charge in [0.1, 0.15) is 0 Å². The van der Waals surface area contributed by atoms with Crippen LogP contribution in [0.3, 0.4) is 0 Å². The molecular weight excluding hydrogens is 248 g/mol. The highest BCUT2D eigenvalue weighted by Crippen LogP contribution is 2.30. The number of ether oxygens (including phenoxy) is 1. The zero-order chi connectivity index (χ0) is 13.5. The molecule has 0 aromatic heterocycles. The number of morpholine rings is 1. The van der Waals surface area contributed by atoms with Crippen LogP contribution >= 0.6 is 0 Å². The van der Waals surface area contributed by atoms with E-state index in [4.69, 9.17) is 4.74 Å². The van der Waals surface area contributed by atoms with Gasteiger partial charge in [-0.1, -0.05) is 6.07 Å². The van der Waals surface area contributed by atoms with E-state index in [1.807, 2.05) is 0 Å². The van der Waals surface area contributed by atoms with Crippen LogP contribution in [0.4, 0.5) is 5.69 Å². The van der Waals surface area contributed by atoms with Gasteiger partial charge >= 0.3 is 0 Å². The van der Waals surface area contributed by atoms with Crippen molar-refractivity contribution >= 4 is 5.69 Å². The number of rotatable bonds is 4. The fourth-order valence-electron chi connectivity index (χ4n) is 3.44. The Kier molecular flexibility index (Phi) is 3.20. The Morgan fingerprint density at radius 2 is 1.90 bits per heavy atom. The number of nitrogens with zero attached hydrogens (tertiary/aromatic N) is 1. The summed E-state index contributed by atoms with van der Waals surface area (Å²) >= 11 is 0. The first-order valence-electron chi connectivity index (χ1n) is 8.01. The highest BCUT2D eigenvalue weighted by Gasteiger charge is 2.33. The number of fused-ring (bicyclic) bond motifs is 2. The fraction of sp³-hybridized carbons (Fsp3) is 0.647. The van der Waals surface area contributed by atoms with Gasteiger partial charge in [-0.3, -0.25) is 0 Å². The highest BCUT2D eigenvalue weighted by atomic mass is 16.5. The topological polar surface area (TPSA) is 24.5 Å². The molecule has 1 N–H and O–H groups in total. The van der Waals surface area contributed by atoms with E-state index in [1.165, 1.54) is 42.5 Å². The summed E-state index contributed by atoms with van der Waals surface area (Å²) in [5.74, 6) is 0. The van der Waals surface area contributed by atoms with Gasteiger partial charge in [-0.05, 0) is 55.9 Å². The summed E-state index contributed by atoms with van der Waals surface area (Å²) in [5.41, 5.74) is 4.23. The van der Waals surface area contributed by atoms with Gasteiger partial charge in [0, 0.05) is 31.4 Å². The average Bonchev–Trinajstić information content (AvgIpc) is 3.22. The van der Waals surface area contributed by atoms with Crippen molar-refractivity contribution in [1.82, 2.24) is 5.32 Å². The van der Waals surface area contributed by atoms with Crippen LogP contribution < -0.4 is 10.2 Å². The van der Waals surface area contributed by atoms with Crippen LogP contribution in [0.25, 0.3) is 0 Å². The van der Waals surface area contributed by atoms with E-state index in [0.717, 1.165) is 25.7 Å². The molecule has 2 saturated heterocycles. The van der Waals surface area contributed by atoms with Gasteiger partial charge in [0.05, 0.1) is 12.2 Å². The molecule has 4 rings (SSSR count). The lowest BCUT2D eigenvalue weighted by molar-refractivity contribution is 0.0305. The standard InChI is InChI=1S/C17H24N2O/c1-12-8-15(5-2-13(12)9-18-14-3-4-14)19-10-16-6-7-17(11-19)20-16/h2,5,8,14,16-18H,3-4,6-7,9-11H2,1H3. The Morgan fingerprint density at radius 3 is 2.55 bits per heavy atom. The summed E-state index contributed by atoms with van der Waals surface area (Å²) in [6.45, 7) is 5.39. The number of benzene rings is 1. The minimum Gasteiger partial charge on any atom is -0.371 e. The molecule has 1 aromatic carbocycles. The molecule has 1 aliphatic carbocycles. The first kappa shape index (κ1) is 12.7. The van der Waals surface area contributed by atoms with Gasteiger partial charge in [0.25, 0.3) is 0 Å². The van der Waals surface area contributed by atoms with Gasteiger partial charge in [0.2, 0.25) is 0 Å². The van der Waals surface area contributed by atoms with Gasteiger partial charge in [-0.15, -0.1) is 0 Å². The highest BCUT2D eigenvalue weighted by molar-refractivity contribution is 5.51. The predicted molar refractivity (Wildman–Crippen MR) is 81.1 cm³/mol. The second-order valence-electron chi connectivity index (χ2n) is 6.63. The molecule has 3 nitrogen and oxygen atoms in total. The molecule has 20 heavy (non-hydrogen) atoms. The summed E-state index contributed by atoms with van der Waals surface area (Å²) in [6, 6.07) is 7.73. The molecule has 2 atom stereocenters. The van der Waals surface area contributed by atoms with E-state index in [0.29, 0.717) is 12.2 Å². The molecule has 1 aromatic rings. The maximum Gasteiger partial charge on any atom is 0.0755 e. The second-order valence-corrected chi connectivity index (χ2v) is 6.63. The third-order valence-corrected chi connectivity index (χ3v) is 4.89. The van der Waals surface area contributed by atoms with E-state index in [9.17, 15) is 0 Å². The summed E-state index contributed by atoms with van der Waals surface area (Å²) in [6.07, 6.45) is 6.12. The maximum absolute atomic E-state index is 5.92. The maximum atomic E-state index is 5.92. The molecule has 2 aliphatic heterocycles. The average molecular weight is 272 g/mol. The van der Waals surface area contributed by atoms with E-state index >= 15 is 0 Å². The van der Waals surface area contributed by atoms with Crippen molar-refractivity contribution in [2.75, 3.05) is 18.0 Å². The lowest BCUT2D eigenvalue weighted by Gasteiger charge is -2.34. The largest absolute Gasteiger partial charge is 0.371 e. The van der Waals surface area contributed by atoms with Crippen molar-refractivity contribution in [3.63, 3.8) is 0 Å². The Bertz CT molecular complexity index is 486. The molecule has 0 radical (unpaired) electrons. The molecule has 0 amide bonds. The molecule has 3 aliphatic rings. The van der Waals surface area contributed by atoms with Crippen molar-refractivity contribution in [3.05, 3.63) is 29.3 Å². The third kappa shape index (κ3) is 2.57. The molecule has 3 fully saturated rings. The van der Waals surface area contributed by atoms with Crippen molar-refractivity contribution in [1.29, 1.82) is 0 Å². The van der Waals surface area contributed by atoms with E-state index in [-0.39, 0.29) is 0 Å². The molecule has 108 valence electrons. The van der Waals surface area contributed by atoms with E-state index in [1.54, 1.807) is 0 Å². The molecule has 2 unspecified atom stereocenters. The Balaban J connectivity index is 1.46. The Labute approximate surface area is 121 Å². The lowest BCUT2D eigenvalue weighted by atomic mass is 10.1. The van der Waals surface area contributed by atoms with Crippen LogP contribution in [-0.2, 0) is 11.3 Å². The third-order valence-electron chi connectivity index (χ3n) is 4.89. The van der Waals surface area contributed by atoms with Crippen molar-refractivity contribution in [2.24, 2.45) is 0 Å². The Morgan fingerprint density at radius 1 is 1.15 bits per heavy atom. The SMILES string of the molecule is Cc1cc(N2CC3CCC(C2)O3)ccc1CNC1CC1. The molecule has 2 heterocycles. The van der Waals surface area contributed by atoms with E-state index < -0.39 is 0 Å². The van der Waals surface area contributed by atoms with Gasteiger partial charge in [-0.25, -0.2) is 0 Å². The molecular formula is C17H24N2O. The minimum atomic E-state index is 0.463. The van der Waals surface area contributed by atoms with Crippen molar-refractivity contribution < 1.29 is 4.74 Å². The van der Waals surface area contributed by atoms with Crippen LogP contribution in [0.5, 0.6) is 0 Å². The molecule has 0 spiro atoms. The summed E-state index contributed by atoms with van der Waals surface area (Å²) in [4.78, 5) is 2.51. The van der Waals surface area contributed by atoms with Gasteiger partial charge < -0.3 is 15.0 Å². The first-order valence-corrected chi connectivity index (χ1v) is 8.01. The molecule has 2 bridgehead atoms. The summed E-state index contributed by atoms with van der Waals surface area (Å²) < 4.78 is 5.92. The normalized spacial score (nSPS) is 28.9. The predicted octanol–water partition coefficient (Wildman–Crippen LogP) is 2.61. The quantitative estimate of drug-likeness (QED) is 0.912. The number of hydrogen-bond donors (Lipinski definition) is 1. The van der Waals surface area contributed by atoms with Crippen LogP contribution in [-0.4, -0.2) is 31.3 Å². The monoisotopic (exact) mass is 272 g/mol. The number of hydrogen-bond acceptors (Lipinski definition) is 3. The summed E-state index contributed by atoms with van der Waals surface area (Å²) in [5, 5.41) is 3.60. The van der Waals surface area contributed by atoms with Crippen LogP contribution in [0.15, 0.2) is 18.2 Å². The summed E-state index contributed by atoms with van der Waals surface area (Å²) in [7, 11) is 0. The van der Waals surface area contributed by atoms with Crippen molar-refractivity contribution in [2.45, 2.75) is 57.4 Å².